The molecule has 0 aliphatic carbocycles. The van der Waals surface area contributed by atoms with Gasteiger partial charge >= 0.3 is 5.97 Å². The number of carboxylic acid groups (broad SMARTS) is 1. The van der Waals surface area contributed by atoms with Crippen LogP contribution in [0.3, 0.4) is 0 Å². The summed E-state index contributed by atoms with van der Waals surface area (Å²) in [7, 11) is 0. The van der Waals surface area contributed by atoms with Gasteiger partial charge in [0.1, 0.15) is 6.10 Å². The van der Waals surface area contributed by atoms with E-state index in [2.05, 4.69) is 6.92 Å². The van der Waals surface area contributed by atoms with Crippen LogP contribution in [-0.2, 0) is 16.1 Å². The predicted molar refractivity (Wildman–Crippen MR) is 164 cm³/mol. The molecule has 3 N–H and O–H groups in total. The molecule has 228 valence electrons. The Morgan fingerprint density at radius 3 is 1.41 bits per heavy atom. The third kappa shape index (κ3) is 31.0. The topological polar surface area (TPSA) is 87.0 Å². The SMILES string of the molecule is CCCCCCCCCCCCCCCCCCCCCCCC(=O)O.OCC(O)COCc1ccccc1. The Balaban J connectivity index is 0.000000921. The number of hydrogen-bond acceptors (Lipinski definition) is 4. The van der Waals surface area contributed by atoms with E-state index in [0.29, 0.717) is 13.0 Å². The van der Waals surface area contributed by atoms with E-state index in [9.17, 15) is 4.79 Å². The Hall–Kier alpha value is -1.43. The molecule has 1 aromatic rings. The van der Waals surface area contributed by atoms with Crippen molar-refractivity contribution in [3.63, 3.8) is 0 Å². The molecule has 1 rings (SSSR count). The number of hydrogen-bond donors (Lipinski definition) is 3. The monoisotopic (exact) mass is 550 g/mol. The van der Waals surface area contributed by atoms with Gasteiger partial charge in [-0.3, -0.25) is 4.79 Å². The zero-order chi connectivity index (χ0) is 28.7. The minimum Gasteiger partial charge on any atom is -0.481 e. The minimum atomic E-state index is -0.774. The largest absolute Gasteiger partial charge is 0.481 e. The van der Waals surface area contributed by atoms with E-state index < -0.39 is 12.1 Å². The molecular weight excluding hydrogens is 488 g/mol. The lowest BCUT2D eigenvalue weighted by atomic mass is 10.0. The molecule has 1 atom stereocenters. The number of carbonyl (C=O) groups is 1. The zero-order valence-electron chi connectivity index (χ0n) is 25.3. The van der Waals surface area contributed by atoms with Crippen LogP contribution in [-0.4, -0.2) is 40.6 Å². The van der Waals surface area contributed by atoms with E-state index in [0.717, 1.165) is 18.4 Å². The number of aliphatic hydroxyl groups excluding tert-OH is 2. The van der Waals surface area contributed by atoms with Crippen LogP contribution in [0.25, 0.3) is 0 Å². The summed E-state index contributed by atoms with van der Waals surface area (Å²) in [6.07, 6.45) is 28.3. The van der Waals surface area contributed by atoms with Crippen LogP contribution < -0.4 is 0 Å². The highest BCUT2D eigenvalue weighted by molar-refractivity contribution is 5.66. The zero-order valence-corrected chi connectivity index (χ0v) is 25.3. The average molecular weight is 551 g/mol. The fraction of sp³-hybridized carbons (Fsp3) is 0.794. The molecule has 0 saturated heterocycles. The standard InChI is InChI=1S/C24H48O2.C10H14O3/c1-2-3-4-5-6-7-8-9-10-11-12-13-14-15-16-17-18-19-20-21-22-23-24(25)26;11-6-10(12)8-13-7-9-4-2-1-3-5-9/h2-23H2,1H3,(H,25,26);1-5,10-12H,6-8H2. The van der Waals surface area contributed by atoms with Gasteiger partial charge in [0.25, 0.3) is 0 Å². The third-order valence-electron chi connectivity index (χ3n) is 7.13. The molecule has 5 nitrogen and oxygen atoms in total. The molecular formula is C34H62O5. The molecule has 1 unspecified atom stereocenters. The second kappa shape index (κ2) is 31.1. The van der Waals surface area contributed by atoms with Gasteiger partial charge in [-0.05, 0) is 12.0 Å². The lowest BCUT2D eigenvalue weighted by Crippen LogP contribution is -2.19. The summed E-state index contributed by atoms with van der Waals surface area (Å²) >= 11 is 0. The van der Waals surface area contributed by atoms with E-state index in [1.54, 1.807) is 0 Å². The van der Waals surface area contributed by atoms with Crippen LogP contribution in [0, 0.1) is 0 Å². The van der Waals surface area contributed by atoms with Gasteiger partial charge in [0.05, 0.1) is 19.8 Å². The normalized spacial score (nSPS) is 11.7. The Labute approximate surface area is 240 Å². The minimum absolute atomic E-state index is 0.172. The van der Waals surface area contributed by atoms with E-state index in [1.807, 2.05) is 30.3 Å². The fourth-order valence-corrected chi connectivity index (χ4v) is 4.65. The van der Waals surface area contributed by atoms with Crippen LogP contribution in [0.2, 0.25) is 0 Å². The number of rotatable bonds is 27. The van der Waals surface area contributed by atoms with E-state index in [1.165, 1.54) is 122 Å². The first-order valence-electron chi connectivity index (χ1n) is 16.2. The lowest BCUT2D eigenvalue weighted by molar-refractivity contribution is -0.137. The third-order valence-corrected chi connectivity index (χ3v) is 7.13. The molecule has 1 aromatic carbocycles. The van der Waals surface area contributed by atoms with Crippen LogP contribution in [0.1, 0.15) is 154 Å². The number of ether oxygens (including phenoxy) is 1. The first-order chi connectivity index (χ1) is 19.1. The van der Waals surface area contributed by atoms with E-state index in [-0.39, 0.29) is 13.2 Å². The van der Waals surface area contributed by atoms with Gasteiger partial charge < -0.3 is 20.1 Å². The van der Waals surface area contributed by atoms with Crippen molar-refractivity contribution in [2.75, 3.05) is 13.2 Å². The first kappa shape index (κ1) is 37.6. The van der Waals surface area contributed by atoms with Crippen molar-refractivity contribution in [2.24, 2.45) is 0 Å². The van der Waals surface area contributed by atoms with Crippen molar-refractivity contribution in [3.8, 4) is 0 Å². The van der Waals surface area contributed by atoms with Gasteiger partial charge in [0, 0.05) is 6.42 Å². The van der Waals surface area contributed by atoms with Crippen molar-refractivity contribution in [2.45, 2.75) is 161 Å². The van der Waals surface area contributed by atoms with Gasteiger partial charge in [-0.15, -0.1) is 0 Å². The van der Waals surface area contributed by atoms with Gasteiger partial charge in [0.2, 0.25) is 0 Å². The summed E-state index contributed by atoms with van der Waals surface area (Å²) in [5, 5.41) is 26.0. The summed E-state index contributed by atoms with van der Waals surface area (Å²) < 4.78 is 5.16. The maximum absolute atomic E-state index is 10.4. The van der Waals surface area contributed by atoms with Gasteiger partial charge in [-0.1, -0.05) is 166 Å². The van der Waals surface area contributed by atoms with Gasteiger partial charge in [-0.25, -0.2) is 0 Å². The molecule has 0 aliphatic heterocycles. The Morgan fingerprint density at radius 2 is 1.05 bits per heavy atom. The first-order valence-corrected chi connectivity index (χ1v) is 16.2. The second-order valence-electron chi connectivity index (χ2n) is 11.1. The summed E-state index contributed by atoms with van der Waals surface area (Å²) in [6.45, 7) is 2.67. The Kier molecular flexibility index (Phi) is 30.0. The summed E-state index contributed by atoms with van der Waals surface area (Å²) in [5.41, 5.74) is 1.06. The van der Waals surface area contributed by atoms with Crippen molar-refractivity contribution in [3.05, 3.63) is 35.9 Å². The summed E-state index contributed by atoms with van der Waals surface area (Å²) in [6, 6.07) is 9.70. The molecule has 0 bridgehead atoms. The smallest absolute Gasteiger partial charge is 0.303 e. The van der Waals surface area contributed by atoms with Crippen LogP contribution in [0.4, 0.5) is 0 Å². The molecule has 0 spiro atoms. The van der Waals surface area contributed by atoms with Crippen molar-refractivity contribution >= 4 is 5.97 Å². The van der Waals surface area contributed by atoms with Gasteiger partial charge in [-0.2, -0.15) is 0 Å². The number of carboxylic acids is 1. The highest BCUT2D eigenvalue weighted by atomic mass is 16.5. The Bertz CT molecular complexity index is 607. The van der Waals surface area contributed by atoms with Crippen LogP contribution >= 0.6 is 0 Å². The number of unbranched alkanes of at least 4 members (excludes halogenated alkanes) is 20. The molecule has 5 heteroatoms. The Morgan fingerprint density at radius 1 is 0.667 bits per heavy atom. The average Bonchev–Trinajstić information content (AvgIpc) is 2.94. The number of aliphatic hydroxyl groups is 2. The highest BCUT2D eigenvalue weighted by Crippen LogP contribution is 2.15. The molecule has 0 aliphatic rings. The summed E-state index contributed by atoms with van der Waals surface area (Å²) in [4.78, 5) is 10.4. The molecule has 39 heavy (non-hydrogen) atoms. The quantitative estimate of drug-likeness (QED) is 0.0950. The van der Waals surface area contributed by atoms with Crippen molar-refractivity contribution in [1.29, 1.82) is 0 Å². The molecule has 0 heterocycles. The molecule has 0 aromatic heterocycles. The number of aliphatic carboxylic acids is 1. The van der Waals surface area contributed by atoms with Crippen LogP contribution in [0.5, 0.6) is 0 Å². The van der Waals surface area contributed by atoms with E-state index in [4.69, 9.17) is 20.1 Å². The van der Waals surface area contributed by atoms with Crippen molar-refractivity contribution < 1.29 is 24.9 Å². The maximum atomic E-state index is 10.4. The lowest BCUT2D eigenvalue weighted by Gasteiger charge is -2.07. The molecule has 0 saturated carbocycles. The second-order valence-corrected chi connectivity index (χ2v) is 11.1. The number of benzene rings is 1. The predicted octanol–water partition coefficient (Wildman–Crippen LogP) is 9.23. The summed E-state index contributed by atoms with van der Waals surface area (Å²) in [5.74, 6) is -0.650. The molecule has 0 radical (unpaired) electrons. The molecule has 0 amide bonds. The van der Waals surface area contributed by atoms with Crippen molar-refractivity contribution in [1.82, 2.24) is 0 Å². The van der Waals surface area contributed by atoms with Crippen LogP contribution in [0.15, 0.2) is 30.3 Å². The maximum Gasteiger partial charge on any atom is 0.303 e. The highest BCUT2D eigenvalue weighted by Gasteiger charge is 2.01. The van der Waals surface area contributed by atoms with Gasteiger partial charge in [0.15, 0.2) is 0 Å². The fourth-order valence-electron chi connectivity index (χ4n) is 4.65. The molecule has 0 fully saturated rings. The van der Waals surface area contributed by atoms with E-state index >= 15 is 0 Å².